The summed E-state index contributed by atoms with van der Waals surface area (Å²) < 4.78 is 102. The van der Waals surface area contributed by atoms with Gasteiger partial charge in [-0.3, -0.25) is 4.79 Å². The molecular formula is C24H25F6NO3S. The van der Waals surface area contributed by atoms with Gasteiger partial charge in [0.1, 0.15) is 0 Å². The Bertz CT molecular complexity index is 1180. The van der Waals surface area contributed by atoms with Crippen LogP contribution in [0.1, 0.15) is 54.6 Å². The maximum Gasteiger partial charge on any atom is 0.416 e. The van der Waals surface area contributed by atoms with E-state index in [1.165, 1.54) is 13.8 Å². The van der Waals surface area contributed by atoms with E-state index in [1.807, 2.05) is 0 Å². The predicted octanol–water partition coefficient (Wildman–Crippen LogP) is 5.90. The number of Topliss-reactive ketones (excluding diaryl/α,β-unsaturated/α-hetero) is 1. The summed E-state index contributed by atoms with van der Waals surface area (Å²) in [6, 6.07) is 6.43. The van der Waals surface area contributed by atoms with E-state index in [1.54, 1.807) is 0 Å². The molecule has 1 aliphatic carbocycles. The minimum absolute atomic E-state index is 0.0569. The molecule has 1 unspecified atom stereocenters. The van der Waals surface area contributed by atoms with Crippen LogP contribution in [0.25, 0.3) is 0 Å². The molecule has 1 fully saturated rings. The van der Waals surface area contributed by atoms with E-state index in [0.29, 0.717) is 18.9 Å². The second-order valence-electron chi connectivity index (χ2n) is 9.56. The van der Waals surface area contributed by atoms with Gasteiger partial charge in [0, 0.05) is 5.56 Å². The Morgan fingerprint density at radius 2 is 1.49 bits per heavy atom. The highest BCUT2D eigenvalue weighted by molar-refractivity contribution is 7.92. The summed E-state index contributed by atoms with van der Waals surface area (Å²) in [5, 5.41) is 0. The van der Waals surface area contributed by atoms with E-state index in [0.717, 1.165) is 42.5 Å². The number of sulfone groups is 1. The molecule has 1 aliphatic rings. The highest BCUT2D eigenvalue weighted by atomic mass is 32.2. The smallest absolute Gasteiger partial charge is 0.321 e. The van der Waals surface area contributed by atoms with Crippen molar-refractivity contribution in [2.24, 2.45) is 17.6 Å². The molecule has 2 N–H and O–H groups in total. The van der Waals surface area contributed by atoms with E-state index in [2.05, 4.69) is 0 Å². The second kappa shape index (κ2) is 9.24. The zero-order valence-electron chi connectivity index (χ0n) is 19.0. The van der Waals surface area contributed by atoms with Crippen molar-refractivity contribution >= 4 is 15.6 Å². The van der Waals surface area contributed by atoms with E-state index in [9.17, 15) is 39.6 Å². The number of hydrogen-bond acceptors (Lipinski definition) is 4. The average Bonchev–Trinajstić information content (AvgIpc) is 2.74. The number of benzene rings is 2. The Morgan fingerprint density at radius 1 is 0.943 bits per heavy atom. The van der Waals surface area contributed by atoms with Gasteiger partial charge in [-0.15, -0.1) is 0 Å². The molecule has 0 saturated heterocycles. The van der Waals surface area contributed by atoms with E-state index >= 15 is 0 Å². The fourth-order valence-electron chi connectivity index (χ4n) is 4.44. The molecule has 0 spiro atoms. The molecule has 4 nitrogen and oxygen atoms in total. The second-order valence-corrected chi connectivity index (χ2v) is 12.1. The van der Waals surface area contributed by atoms with Crippen molar-refractivity contribution in [2.45, 2.75) is 61.1 Å². The lowest BCUT2D eigenvalue weighted by Crippen LogP contribution is -2.47. The van der Waals surface area contributed by atoms with Crippen molar-refractivity contribution in [1.29, 1.82) is 0 Å². The van der Waals surface area contributed by atoms with Gasteiger partial charge in [0.15, 0.2) is 15.6 Å². The van der Waals surface area contributed by atoms with Gasteiger partial charge in [-0.05, 0) is 75.3 Å². The summed E-state index contributed by atoms with van der Waals surface area (Å²) in [5.74, 6) is -0.901. The molecule has 2 aromatic rings. The number of rotatable bonds is 7. The Balaban J connectivity index is 1.64. The largest absolute Gasteiger partial charge is 0.416 e. The van der Waals surface area contributed by atoms with Gasteiger partial charge in [0.05, 0.1) is 26.8 Å². The molecule has 0 aromatic heterocycles. The molecule has 3 rings (SSSR count). The Hall–Kier alpha value is -2.40. The highest BCUT2D eigenvalue weighted by Gasteiger charge is 2.44. The molecule has 11 heteroatoms. The van der Waals surface area contributed by atoms with Crippen LogP contribution >= 0.6 is 0 Å². The number of carbonyl (C=O) groups excluding carboxylic acids is 1. The molecule has 0 radical (unpaired) electrons. The highest BCUT2D eigenvalue weighted by Crippen LogP contribution is 2.44. The maximum atomic E-state index is 13.1. The summed E-state index contributed by atoms with van der Waals surface area (Å²) in [5.41, 5.74) is 4.17. The topological polar surface area (TPSA) is 77.2 Å². The molecule has 192 valence electrons. The minimum atomic E-state index is -4.67. The Kier molecular flexibility index (Phi) is 7.18. The predicted molar refractivity (Wildman–Crippen MR) is 117 cm³/mol. The molecule has 2 aromatic carbocycles. The van der Waals surface area contributed by atoms with Crippen LogP contribution in [0.3, 0.4) is 0 Å². The van der Waals surface area contributed by atoms with Gasteiger partial charge in [0.25, 0.3) is 0 Å². The quantitative estimate of drug-likeness (QED) is 0.363. The van der Waals surface area contributed by atoms with Gasteiger partial charge in [-0.1, -0.05) is 18.2 Å². The maximum absolute atomic E-state index is 13.1. The SMILES string of the molecule is CC(C)(CC1CC(C(N)C(=O)c2ccc(C(F)(F)F)cc2)C1)S(=O)(=O)c1cccc(C(F)(F)F)c1. The van der Waals surface area contributed by atoms with E-state index in [-0.39, 0.29) is 23.8 Å². The lowest BCUT2D eigenvalue weighted by atomic mass is 9.67. The third-order valence-corrected chi connectivity index (χ3v) is 9.06. The number of nitrogens with two attached hydrogens (primary N) is 1. The van der Waals surface area contributed by atoms with Crippen LogP contribution in [0.4, 0.5) is 26.3 Å². The molecule has 35 heavy (non-hydrogen) atoms. The van der Waals surface area contributed by atoms with Crippen LogP contribution in [0.2, 0.25) is 0 Å². The molecular weight excluding hydrogens is 496 g/mol. The van der Waals surface area contributed by atoms with Gasteiger partial charge < -0.3 is 5.73 Å². The third kappa shape index (κ3) is 5.72. The zero-order chi connectivity index (χ0) is 26.4. The average molecular weight is 522 g/mol. The van der Waals surface area contributed by atoms with E-state index < -0.39 is 54.8 Å². The van der Waals surface area contributed by atoms with Gasteiger partial charge in [-0.25, -0.2) is 8.42 Å². The Labute approximate surface area is 199 Å². The summed E-state index contributed by atoms with van der Waals surface area (Å²) >= 11 is 0. The zero-order valence-corrected chi connectivity index (χ0v) is 19.8. The standard InChI is InChI=1S/C24H25F6NO3S/c1-22(2,35(33,34)19-5-3-4-18(12-19)24(28,29)30)13-14-10-16(11-14)20(31)21(32)15-6-8-17(9-7-15)23(25,26)27/h3-9,12,14,16,20H,10-11,13,31H2,1-2H3. The summed E-state index contributed by atoms with van der Waals surface area (Å²) in [7, 11) is -4.10. The first-order valence-corrected chi connectivity index (χ1v) is 12.3. The fraction of sp³-hybridized carbons (Fsp3) is 0.458. The fourth-order valence-corrected chi connectivity index (χ4v) is 6.07. The first-order valence-electron chi connectivity index (χ1n) is 10.8. The number of alkyl halides is 6. The van der Waals surface area contributed by atoms with Crippen LogP contribution in [0.15, 0.2) is 53.4 Å². The van der Waals surface area contributed by atoms with Crippen molar-refractivity contribution in [3.05, 3.63) is 65.2 Å². The van der Waals surface area contributed by atoms with E-state index in [4.69, 9.17) is 5.73 Å². The van der Waals surface area contributed by atoms with Crippen LogP contribution in [-0.4, -0.2) is 25.0 Å². The van der Waals surface area contributed by atoms with Crippen LogP contribution in [-0.2, 0) is 22.2 Å². The lowest BCUT2D eigenvalue weighted by Gasteiger charge is -2.42. The molecule has 0 aliphatic heterocycles. The molecule has 0 bridgehead atoms. The van der Waals surface area contributed by atoms with Crippen molar-refractivity contribution in [3.63, 3.8) is 0 Å². The first kappa shape index (κ1) is 27.2. The number of ketones is 1. The number of carbonyl (C=O) groups is 1. The van der Waals surface area contributed by atoms with Crippen molar-refractivity contribution in [2.75, 3.05) is 0 Å². The number of hydrogen-bond donors (Lipinski definition) is 1. The first-order chi connectivity index (χ1) is 15.9. The van der Waals surface area contributed by atoms with Crippen LogP contribution < -0.4 is 5.73 Å². The molecule has 1 saturated carbocycles. The summed E-state index contributed by atoms with van der Waals surface area (Å²) in [6.07, 6.45) is -8.19. The summed E-state index contributed by atoms with van der Waals surface area (Å²) in [6.45, 7) is 2.90. The van der Waals surface area contributed by atoms with Crippen molar-refractivity contribution < 1.29 is 39.6 Å². The molecule has 0 heterocycles. The number of halogens is 6. The lowest BCUT2D eigenvalue weighted by molar-refractivity contribution is -0.138. The minimum Gasteiger partial charge on any atom is -0.321 e. The van der Waals surface area contributed by atoms with Gasteiger partial charge >= 0.3 is 12.4 Å². The Morgan fingerprint density at radius 3 is 2.00 bits per heavy atom. The van der Waals surface area contributed by atoms with Crippen LogP contribution in [0, 0.1) is 11.8 Å². The molecule has 0 amide bonds. The monoisotopic (exact) mass is 521 g/mol. The van der Waals surface area contributed by atoms with Crippen molar-refractivity contribution in [1.82, 2.24) is 0 Å². The van der Waals surface area contributed by atoms with Crippen LogP contribution in [0.5, 0.6) is 0 Å². The summed E-state index contributed by atoms with van der Waals surface area (Å²) in [4.78, 5) is 12.2. The van der Waals surface area contributed by atoms with Gasteiger partial charge in [-0.2, -0.15) is 26.3 Å². The molecule has 1 atom stereocenters. The normalized spacial score (nSPS) is 20.3. The van der Waals surface area contributed by atoms with Gasteiger partial charge in [0.2, 0.25) is 0 Å². The third-order valence-electron chi connectivity index (χ3n) is 6.56. The van der Waals surface area contributed by atoms with Crippen molar-refractivity contribution in [3.8, 4) is 0 Å².